The molecule has 6 nitrogen and oxygen atoms in total. The lowest BCUT2D eigenvalue weighted by atomic mass is 10.0. The van der Waals surface area contributed by atoms with E-state index in [1.807, 2.05) is 0 Å². The zero-order chi connectivity index (χ0) is 17.6. The highest BCUT2D eigenvalue weighted by Gasteiger charge is 2.25. The molecule has 2 amide bonds. The lowest BCUT2D eigenvalue weighted by molar-refractivity contribution is -0.124. The van der Waals surface area contributed by atoms with Crippen molar-refractivity contribution in [2.24, 2.45) is 0 Å². The number of hydrogen-bond acceptors (Lipinski definition) is 4. The van der Waals surface area contributed by atoms with Gasteiger partial charge in [0.1, 0.15) is 0 Å². The molecule has 1 N–H and O–H groups in total. The van der Waals surface area contributed by atoms with Gasteiger partial charge < -0.3 is 19.4 Å². The molecule has 0 aliphatic carbocycles. The van der Waals surface area contributed by atoms with Crippen LogP contribution in [-0.4, -0.2) is 42.5 Å². The quantitative estimate of drug-likeness (QED) is 0.901. The van der Waals surface area contributed by atoms with Crippen LogP contribution in [0.2, 0.25) is 0 Å². The standard InChI is InChI=1S/C18H19FN2O4/c19-14-4-1-2-5-15(14)25-12-17(22)20-13-7-9-21(10-8-13)18(23)16-6-3-11-24-16/h1-6,11,13H,7-10,12H2,(H,20,22). The number of piperidine rings is 1. The van der Waals surface area contributed by atoms with E-state index >= 15 is 0 Å². The van der Waals surface area contributed by atoms with Crippen molar-refractivity contribution in [2.45, 2.75) is 18.9 Å². The van der Waals surface area contributed by atoms with Gasteiger partial charge in [0, 0.05) is 19.1 Å². The van der Waals surface area contributed by atoms with Crippen molar-refractivity contribution >= 4 is 11.8 Å². The van der Waals surface area contributed by atoms with Crippen LogP contribution in [0.15, 0.2) is 47.1 Å². The molecule has 0 unspecified atom stereocenters. The molecule has 1 aliphatic rings. The van der Waals surface area contributed by atoms with E-state index in [4.69, 9.17) is 9.15 Å². The monoisotopic (exact) mass is 346 g/mol. The van der Waals surface area contributed by atoms with E-state index in [1.165, 1.54) is 18.4 Å². The van der Waals surface area contributed by atoms with Gasteiger partial charge in [0.2, 0.25) is 0 Å². The highest BCUT2D eigenvalue weighted by atomic mass is 19.1. The molecule has 0 saturated carbocycles. The van der Waals surface area contributed by atoms with Gasteiger partial charge in [-0.15, -0.1) is 0 Å². The number of carbonyl (C=O) groups excluding carboxylic acids is 2. The normalized spacial score (nSPS) is 15.0. The second-order valence-corrected chi connectivity index (χ2v) is 5.83. The molecule has 7 heteroatoms. The summed E-state index contributed by atoms with van der Waals surface area (Å²) < 4.78 is 23.7. The topological polar surface area (TPSA) is 71.8 Å². The summed E-state index contributed by atoms with van der Waals surface area (Å²) in [6.45, 7) is 0.837. The lowest BCUT2D eigenvalue weighted by Gasteiger charge is -2.31. The SMILES string of the molecule is O=C(COc1ccccc1F)NC1CCN(C(=O)c2ccco2)CC1. The Labute approximate surface area is 144 Å². The summed E-state index contributed by atoms with van der Waals surface area (Å²) in [7, 11) is 0. The number of likely N-dealkylation sites (tertiary alicyclic amines) is 1. The summed E-state index contributed by atoms with van der Waals surface area (Å²) in [5.41, 5.74) is 0. The predicted octanol–water partition coefficient (Wildman–Crippen LogP) is 2.22. The van der Waals surface area contributed by atoms with Crippen LogP contribution in [0.4, 0.5) is 4.39 Å². The minimum Gasteiger partial charge on any atom is -0.481 e. The summed E-state index contributed by atoms with van der Waals surface area (Å²) in [6, 6.07) is 9.23. The molecule has 1 aromatic heterocycles. The third-order valence-corrected chi connectivity index (χ3v) is 4.07. The Morgan fingerprint density at radius 3 is 2.64 bits per heavy atom. The minimum absolute atomic E-state index is 0.0302. The van der Waals surface area contributed by atoms with E-state index < -0.39 is 5.82 Å². The first-order chi connectivity index (χ1) is 12.1. The smallest absolute Gasteiger partial charge is 0.289 e. The molecule has 0 atom stereocenters. The van der Waals surface area contributed by atoms with Gasteiger partial charge in [0.25, 0.3) is 11.8 Å². The van der Waals surface area contributed by atoms with Crippen molar-refractivity contribution in [1.82, 2.24) is 10.2 Å². The van der Waals surface area contributed by atoms with Crippen molar-refractivity contribution in [3.8, 4) is 5.75 Å². The van der Waals surface area contributed by atoms with E-state index in [1.54, 1.807) is 29.2 Å². The van der Waals surface area contributed by atoms with Crippen molar-refractivity contribution in [3.05, 3.63) is 54.2 Å². The van der Waals surface area contributed by atoms with Crippen LogP contribution in [0.5, 0.6) is 5.75 Å². The van der Waals surface area contributed by atoms with Crippen LogP contribution in [0, 0.1) is 5.82 Å². The summed E-state index contributed by atoms with van der Waals surface area (Å²) >= 11 is 0. The summed E-state index contributed by atoms with van der Waals surface area (Å²) in [6.07, 6.45) is 2.77. The Hall–Kier alpha value is -2.83. The number of nitrogens with one attached hydrogen (secondary N) is 1. The first-order valence-electron chi connectivity index (χ1n) is 8.13. The fourth-order valence-electron chi connectivity index (χ4n) is 2.76. The predicted molar refractivity (Wildman–Crippen MR) is 87.7 cm³/mol. The number of benzene rings is 1. The number of rotatable bonds is 5. The number of para-hydroxylation sites is 1. The van der Waals surface area contributed by atoms with Crippen LogP contribution in [0.3, 0.4) is 0 Å². The maximum atomic E-state index is 13.4. The molecule has 1 aromatic carbocycles. The van der Waals surface area contributed by atoms with Gasteiger partial charge in [-0.25, -0.2) is 4.39 Å². The Bertz CT molecular complexity index is 724. The minimum atomic E-state index is -0.500. The number of furan rings is 1. The first kappa shape index (κ1) is 17.0. The van der Waals surface area contributed by atoms with E-state index in [2.05, 4.69) is 5.32 Å². The van der Waals surface area contributed by atoms with Crippen molar-refractivity contribution in [2.75, 3.05) is 19.7 Å². The lowest BCUT2D eigenvalue weighted by Crippen LogP contribution is -2.47. The second-order valence-electron chi connectivity index (χ2n) is 5.83. The fourth-order valence-corrected chi connectivity index (χ4v) is 2.76. The zero-order valence-corrected chi connectivity index (χ0v) is 13.6. The van der Waals surface area contributed by atoms with Gasteiger partial charge in [-0.3, -0.25) is 9.59 Å². The molecule has 132 valence electrons. The largest absolute Gasteiger partial charge is 0.481 e. The van der Waals surface area contributed by atoms with Crippen LogP contribution in [0.25, 0.3) is 0 Å². The fraction of sp³-hybridized carbons (Fsp3) is 0.333. The van der Waals surface area contributed by atoms with Gasteiger partial charge in [-0.05, 0) is 37.1 Å². The van der Waals surface area contributed by atoms with Gasteiger partial charge in [-0.2, -0.15) is 0 Å². The van der Waals surface area contributed by atoms with Crippen LogP contribution in [0.1, 0.15) is 23.4 Å². The van der Waals surface area contributed by atoms with Crippen molar-refractivity contribution < 1.29 is 23.1 Å². The molecular formula is C18H19FN2O4. The van der Waals surface area contributed by atoms with Crippen molar-refractivity contribution in [1.29, 1.82) is 0 Å². The molecule has 25 heavy (non-hydrogen) atoms. The Morgan fingerprint density at radius 2 is 1.96 bits per heavy atom. The number of halogens is 1. The number of amides is 2. The maximum Gasteiger partial charge on any atom is 0.289 e. The van der Waals surface area contributed by atoms with Gasteiger partial charge in [0.15, 0.2) is 23.9 Å². The van der Waals surface area contributed by atoms with E-state index in [9.17, 15) is 14.0 Å². The number of carbonyl (C=O) groups is 2. The summed E-state index contributed by atoms with van der Waals surface area (Å²) in [5, 5.41) is 2.86. The van der Waals surface area contributed by atoms with E-state index in [0.29, 0.717) is 31.7 Å². The maximum absolute atomic E-state index is 13.4. The molecule has 3 rings (SSSR count). The van der Waals surface area contributed by atoms with E-state index in [0.717, 1.165) is 0 Å². The highest BCUT2D eigenvalue weighted by Crippen LogP contribution is 2.16. The summed E-state index contributed by atoms with van der Waals surface area (Å²) in [4.78, 5) is 25.8. The third kappa shape index (κ3) is 4.37. The molecule has 0 radical (unpaired) electrons. The average Bonchev–Trinajstić information content (AvgIpc) is 3.16. The zero-order valence-electron chi connectivity index (χ0n) is 13.6. The molecule has 2 heterocycles. The van der Waals surface area contributed by atoms with Gasteiger partial charge in [-0.1, -0.05) is 12.1 Å². The molecule has 0 bridgehead atoms. The van der Waals surface area contributed by atoms with Crippen LogP contribution >= 0.6 is 0 Å². The highest BCUT2D eigenvalue weighted by molar-refractivity contribution is 5.91. The number of ether oxygens (including phenoxy) is 1. The van der Waals surface area contributed by atoms with Crippen LogP contribution in [-0.2, 0) is 4.79 Å². The molecule has 0 spiro atoms. The van der Waals surface area contributed by atoms with Crippen LogP contribution < -0.4 is 10.1 Å². The third-order valence-electron chi connectivity index (χ3n) is 4.07. The average molecular weight is 346 g/mol. The first-order valence-corrected chi connectivity index (χ1v) is 8.13. The van der Waals surface area contributed by atoms with Crippen molar-refractivity contribution in [3.63, 3.8) is 0 Å². The molecule has 2 aromatic rings. The molecule has 1 fully saturated rings. The molecule has 1 saturated heterocycles. The molecular weight excluding hydrogens is 327 g/mol. The number of nitrogens with zero attached hydrogens (tertiary/aromatic N) is 1. The number of hydrogen-bond donors (Lipinski definition) is 1. The molecule has 1 aliphatic heterocycles. The van der Waals surface area contributed by atoms with Gasteiger partial charge in [0.05, 0.1) is 6.26 Å². The Morgan fingerprint density at radius 1 is 1.20 bits per heavy atom. The van der Waals surface area contributed by atoms with E-state index in [-0.39, 0.29) is 30.2 Å². The van der Waals surface area contributed by atoms with Gasteiger partial charge >= 0.3 is 0 Å². The summed E-state index contributed by atoms with van der Waals surface area (Å²) in [5.74, 6) is -0.575. The second kappa shape index (κ2) is 7.83. The Kier molecular flexibility index (Phi) is 5.33. The Balaban J connectivity index is 1.42.